The van der Waals surface area contributed by atoms with E-state index in [1.165, 1.54) is 57.2 Å². The normalized spacial score (nSPS) is 18.2. The van der Waals surface area contributed by atoms with Crippen molar-refractivity contribution >= 4 is 29.9 Å². The van der Waals surface area contributed by atoms with Crippen molar-refractivity contribution in [3.05, 3.63) is 54.0 Å². The van der Waals surface area contributed by atoms with E-state index < -0.39 is 0 Å². The maximum atomic E-state index is 5.46. The molecule has 0 unspecified atom stereocenters. The summed E-state index contributed by atoms with van der Waals surface area (Å²) in [4.78, 5) is 7.57. The second-order valence-electron chi connectivity index (χ2n) is 8.98. The Labute approximate surface area is 215 Å². The molecule has 2 N–H and O–H groups in total. The lowest BCUT2D eigenvalue weighted by atomic mass is 10.0. The molecule has 1 aliphatic carbocycles. The van der Waals surface area contributed by atoms with Crippen LogP contribution in [0, 0.1) is 0 Å². The van der Waals surface area contributed by atoms with Crippen LogP contribution in [-0.2, 0) is 12.8 Å². The smallest absolute Gasteiger partial charge is 0.191 e. The standard InChI is InChI=1S/C26H38N4O2.HI/c1-31-24-10-8-21(9-11-24)12-16-27-26(28-17-13-25-7-4-20-32-25)29-22-14-18-30(19-15-22)23-5-2-3-6-23;/h4,7-11,20,22-23H,2-3,5-6,12-19H2,1H3,(H2,27,28,29);1H. The SMILES string of the molecule is COc1ccc(CCNC(=NCCc2ccco2)NC2CCN(C3CCCC3)CC2)cc1.I. The zero-order chi connectivity index (χ0) is 22.0. The van der Waals surface area contributed by atoms with Crippen molar-refractivity contribution in [3.63, 3.8) is 0 Å². The Bertz CT molecular complexity index is 811. The summed E-state index contributed by atoms with van der Waals surface area (Å²) < 4.78 is 10.7. The zero-order valence-electron chi connectivity index (χ0n) is 19.8. The van der Waals surface area contributed by atoms with E-state index in [2.05, 4.69) is 27.7 Å². The monoisotopic (exact) mass is 566 g/mol. The fourth-order valence-electron chi connectivity index (χ4n) is 4.87. The molecule has 1 aromatic carbocycles. The highest BCUT2D eigenvalue weighted by Crippen LogP contribution is 2.26. The van der Waals surface area contributed by atoms with Gasteiger partial charge in [-0.2, -0.15) is 0 Å². The van der Waals surface area contributed by atoms with E-state index in [-0.39, 0.29) is 24.0 Å². The Morgan fingerprint density at radius 3 is 2.48 bits per heavy atom. The first-order valence-corrected chi connectivity index (χ1v) is 12.2. The Morgan fingerprint density at radius 2 is 1.82 bits per heavy atom. The number of halogens is 1. The van der Waals surface area contributed by atoms with Crippen LogP contribution in [0.1, 0.15) is 49.8 Å². The van der Waals surface area contributed by atoms with Gasteiger partial charge in [0.1, 0.15) is 11.5 Å². The van der Waals surface area contributed by atoms with Crippen molar-refractivity contribution < 1.29 is 9.15 Å². The Hall–Kier alpha value is -1.74. The fourth-order valence-corrected chi connectivity index (χ4v) is 4.87. The summed E-state index contributed by atoms with van der Waals surface area (Å²) in [6.45, 7) is 3.97. The molecule has 0 spiro atoms. The number of furan rings is 1. The second kappa shape index (κ2) is 13.8. The summed E-state index contributed by atoms with van der Waals surface area (Å²) in [6.07, 6.45) is 11.5. The van der Waals surface area contributed by atoms with E-state index in [0.717, 1.165) is 42.9 Å². The predicted octanol–water partition coefficient (Wildman–Crippen LogP) is 4.63. The van der Waals surface area contributed by atoms with Gasteiger partial charge in [0.25, 0.3) is 0 Å². The third-order valence-electron chi connectivity index (χ3n) is 6.78. The maximum absolute atomic E-state index is 5.46. The van der Waals surface area contributed by atoms with Crippen molar-refractivity contribution in [3.8, 4) is 5.75 Å². The minimum atomic E-state index is 0. The number of ether oxygens (including phenoxy) is 1. The highest BCUT2D eigenvalue weighted by molar-refractivity contribution is 14.0. The Balaban J connectivity index is 0.00000306. The average Bonchev–Trinajstić information content (AvgIpc) is 3.55. The molecular formula is C26H39IN4O2. The van der Waals surface area contributed by atoms with Gasteiger partial charge in [0.05, 0.1) is 13.4 Å². The molecule has 4 rings (SSSR count). The molecule has 2 aromatic rings. The van der Waals surface area contributed by atoms with Gasteiger partial charge >= 0.3 is 0 Å². The van der Waals surface area contributed by atoms with E-state index in [1.54, 1.807) is 13.4 Å². The number of aliphatic imine (C=N–C) groups is 1. The molecular weight excluding hydrogens is 527 g/mol. The van der Waals surface area contributed by atoms with Gasteiger partial charge in [-0.3, -0.25) is 4.99 Å². The van der Waals surface area contributed by atoms with Crippen LogP contribution >= 0.6 is 24.0 Å². The molecule has 0 bridgehead atoms. The lowest BCUT2D eigenvalue weighted by Crippen LogP contribution is -2.50. The van der Waals surface area contributed by atoms with E-state index in [9.17, 15) is 0 Å². The number of piperidine rings is 1. The van der Waals surface area contributed by atoms with Gasteiger partial charge in [0.15, 0.2) is 5.96 Å². The summed E-state index contributed by atoms with van der Waals surface area (Å²) in [6, 6.07) is 13.6. The van der Waals surface area contributed by atoms with Gasteiger partial charge in [-0.05, 0) is 61.9 Å². The van der Waals surface area contributed by atoms with Crippen molar-refractivity contribution in [2.24, 2.45) is 4.99 Å². The highest BCUT2D eigenvalue weighted by Gasteiger charge is 2.27. The molecule has 2 aliphatic rings. The number of hydrogen-bond acceptors (Lipinski definition) is 4. The zero-order valence-corrected chi connectivity index (χ0v) is 22.1. The summed E-state index contributed by atoms with van der Waals surface area (Å²) >= 11 is 0. The van der Waals surface area contributed by atoms with E-state index in [4.69, 9.17) is 14.1 Å². The number of rotatable bonds is 9. The number of benzene rings is 1. The molecule has 0 atom stereocenters. The molecule has 1 aromatic heterocycles. The van der Waals surface area contributed by atoms with Crippen LogP contribution in [0.2, 0.25) is 0 Å². The predicted molar refractivity (Wildman–Crippen MR) is 145 cm³/mol. The topological polar surface area (TPSA) is 62.0 Å². The molecule has 1 saturated heterocycles. The summed E-state index contributed by atoms with van der Waals surface area (Å²) in [5.41, 5.74) is 1.29. The first-order valence-electron chi connectivity index (χ1n) is 12.2. The quantitative estimate of drug-likeness (QED) is 0.263. The van der Waals surface area contributed by atoms with Crippen LogP contribution in [0.25, 0.3) is 0 Å². The van der Waals surface area contributed by atoms with Crippen LogP contribution in [0.4, 0.5) is 0 Å². The van der Waals surface area contributed by atoms with Crippen LogP contribution in [0.5, 0.6) is 5.75 Å². The Kier molecular flexibility index (Phi) is 10.9. The third-order valence-corrected chi connectivity index (χ3v) is 6.78. The van der Waals surface area contributed by atoms with Crippen molar-refractivity contribution in [1.29, 1.82) is 0 Å². The summed E-state index contributed by atoms with van der Waals surface area (Å²) in [5.74, 6) is 2.80. The first kappa shape index (κ1) is 25.9. The van der Waals surface area contributed by atoms with Crippen LogP contribution in [-0.4, -0.2) is 56.2 Å². The van der Waals surface area contributed by atoms with E-state index in [0.29, 0.717) is 12.6 Å². The lowest BCUT2D eigenvalue weighted by molar-refractivity contribution is 0.150. The Morgan fingerprint density at radius 1 is 1.06 bits per heavy atom. The molecule has 1 saturated carbocycles. The largest absolute Gasteiger partial charge is 0.497 e. The van der Waals surface area contributed by atoms with Crippen LogP contribution < -0.4 is 15.4 Å². The molecule has 1 aliphatic heterocycles. The number of likely N-dealkylation sites (tertiary alicyclic amines) is 1. The number of methoxy groups -OCH3 is 1. The van der Waals surface area contributed by atoms with Gasteiger partial charge in [-0.25, -0.2) is 0 Å². The molecule has 0 amide bonds. The van der Waals surface area contributed by atoms with E-state index in [1.807, 2.05) is 24.3 Å². The van der Waals surface area contributed by atoms with Gasteiger partial charge in [0.2, 0.25) is 0 Å². The first-order chi connectivity index (χ1) is 15.8. The van der Waals surface area contributed by atoms with Crippen LogP contribution in [0.3, 0.4) is 0 Å². The fraction of sp³-hybridized carbons (Fsp3) is 0.577. The molecule has 182 valence electrons. The molecule has 6 nitrogen and oxygen atoms in total. The minimum Gasteiger partial charge on any atom is -0.497 e. The van der Waals surface area contributed by atoms with Gasteiger partial charge in [0, 0.05) is 44.7 Å². The third kappa shape index (κ3) is 8.21. The van der Waals surface area contributed by atoms with Crippen molar-refractivity contribution in [1.82, 2.24) is 15.5 Å². The summed E-state index contributed by atoms with van der Waals surface area (Å²) in [5, 5.41) is 7.27. The van der Waals surface area contributed by atoms with Crippen molar-refractivity contribution in [2.45, 2.75) is 63.5 Å². The van der Waals surface area contributed by atoms with Gasteiger partial charge in [-0.1, -0.05) is 25.0 Å². The average molecular weight is 567 g/mol. The number of nitrogens with one attached hydrogen (secondary N) is 2. The molecule has 7 heteroatoms. The van der Waals surface area contributed by atoms with E-state index >= 15 is 0 Å². The molecule has 2 heterocycles. The van der Waals surface area contributed by atoms with Crippen molar-refractivity contribution in [2.75, 3.05) is 33.3 Å². The number of guanidine groups is 1. The number of nitrogens with zero attached hydrogens (tertiary/aromatic N) is 2. The second-order valence-corrected chi connectivity index (χ2v) is 8.98. The summed E-state index contributed by atoms with van der Waals surface area (Å²) in [7, 11) is 1.70. The molecule has 2 fully saturated rings. The highest BCUT2D eigenvalue weighted by atomic mass is 127. The van der Waals surface area contributed by atoms with Crippen LogP contribution in [0.15, 0.2) is 52.1 Å². The minimum absolute atomic E-state index is 0. The van der Waals surface area contributed by atoms with Gasteiger partial charge < -0.3 is 24.7 Å². The number of hydrogen-bond donors (Lipinski definition) is 2. The molecule has 33 heavy (non-hydrogen) atoms. The van der Waals surface area contributed by atoms with Gasteiger partial charge in [-0.15, -0.1) is 24.0 Å². The maximum Gasteiger partial charge on any atom is 0.191 e. The molecule has 0 radical (unpaired) electrons. The lowest BCUT2D eigenvalue weighted by Gasteiger charge is -2.36.